The summed E-state index contributed by atoms with van der Waals surface area (Å²) < 4.78 is 34.2. The first-order valence-electron chi connectivity index (χ1n) is 12.8. The predicted molar refractivity (Wildman–Crippen MR) is 150 cm³/mol. The molecule has 0 N–H and O–H groups in total. The van der Waals surface area contributed by atoms with Crippen LogP contribution >= 0.6 is 0 Å². The van der Waals surface area contributed by atoms with Crippen molar-refractivity contribution in [3.05, 3.63) is 115 Å². The van der Waals surface area contributed by atoms with Crippen LogP contribution in [0.3, 0.4) is 0 Å². The highest BCUT2D eigenvalue weighted by molar-refractivity contribution is 7.90. The van der Waals surface area contributed by atoms with E-state index >= 15 is 0 Å². The van der Waals surface area contributed by atoms with Crippen LogP contribution in [0.25, 0.3) is 0 Å². The Hall–Kier alpha value is -5.51. The number of ether oxygens (including phenoxy) is 2. The number of hydrogen-bond acceptors (Lipinski definition) is 12. The van der Waals surface area contributed by atoms with Crippen molar-refractivity contribution >= 4 is 45.0 Å². The number of imide groups is 1. The van der Waals surface area contributed by atoms with Crippen LogP contribution in [-0.4, -0.2) is 65.0 Å². The van der Waals surface area contributed by atoms with Gasteiger partial charge in [-0.05, 0) is 35.7 Å². The highest BCUT2D eigenvalue weighted by atomic mass is 32.2. The summed E-state index contributed by atoms with van der Waals surface area (Å²) in [5, 5.41) is 22.0. The summed E-state index contributed by atoms with van der Waals surface area (Å²) in [7, 11) is -3.65. The van der Waals surface area contributed by atoms with Crippen molar-refractivity contribution in [3.63, 3.8) is 0 Å². The average molecular weight is 626 g/mol. The molecule has 0 aromatic heterocycles. The molecule has 1 atom stereocenters. The number of benzene rings is 3. The second kappa shape index (κ2) is 12.8. The lowest BCUT2D eigenvalue weighted by Gasteiger charge is -2.24. The smallest absolute Gasteiger partial charge is 0.338 e. The standard InChI is InChI=1S/C28H23N3O12S/c1-44(40,41)11-10-24(28(35)43-16-18-5-3-7-21(13-18)31(38)39)29-25(32)22-9-8-19(14-23(22)26(29)33)27(34)42-15-17-4-2-6-20(12-17)30(36)37/h2-9,12-14,24H,10-11,15-16H2,1H3/t24-/m0/s1. The van der Waals surface area contributed by atoms with E-state index in [2.05, 4.69) is 0 Å². The predicted octanol–water partition coefficient (Wildman–Crippen LogP) is 3.00. The van der Waals surface area contributed by atoms with Crippen molar-refractivity contribution in [2.45, 2.75) is 25.7 Å². The molecule has 3 aromatic rings. The molecule has 228 valence electrons. The number of carbonyl (C=O) groups excluding carboxylic acids is 4. The Labute approximate surface area is 249 Å². The molecule has 0 spiro atoms. The molecule has 0 radical (unpaired) electrons. The van der Waals surface area contributed by atoms with E-state index in [0.717, 1.165) is 12.3 Å². The normalized spacial score (nSPS) is 13.2. The van der Waals surface area contributed by atoms with Crippen LogP contribution in [0.4, 0.5) is 11.4 Å². The molecule has 0 saturated heterocycles. The van der Waals surface area contributed by atoms with E-state index in [1.807, 2.05) is 0 Å². The Morgan fingerprint density at radius 1 is 0.818 bits per heavy atom. The number of esters is 2. The number of nitro groups is 2. The zero-order chi connectivity index (χ0) is 32.2. The van der Waals surface area contributed by atoms with E-state index < -0.39 is 68.3 Å². The summed E-state index contributed by atoms with van der Waals surface area (Å²) in [5.41, 5.74) is -0.399. The third-order valence-electron chi connectivity index (χ3n) is 6.49. The molecule has 3 aromatic carbocycles. The second-order valence-electron chi connectivity index (χ2n) is 9.71. The molecule has 4 rings (SSSR count). The fraction of sp³-hybridized carbons (Fsp3) is 0.214. The van der Waals surface area contributed by atoms with Crippen LogP contribution in [0.5, 0.6) is 0 Å². The van der Waals surface area contributed by atoms with E-state index in [1.54, 1.807) is 0 Å². The summed E-state index contributed by atoms with van der Waals surface area (Å²) in [6.45, 7) is -0.778. The Balaban J connectivity index is 1.53. The molecule has 0 aliphatic carbocycles. The van der Waals surface area contributed by atoms with Gasteiger partial charge in [0.05, 0.1) is 32.3 Å². The van der Waals surface area contributed by atoms with Gasteiger partial charge >= 0.3 is 11.9 Å². The number of hydrogen-bond donors (Lipinski definition) is 0. The molecule has 2 amide bonds. The minimum atomic E-state index is -3.65. The zero-order valence-electron chi connectivity index (χ0n) is 22.9. The highest BCUT2D eigenvalue weighted by Gasteiger charge is 2.44. The number of nitro benzene ring substituents is 2. The quantitative estimate of drug-likeness (QED) is 0.123. The molecule has 0 unspecified atom stereocenters. The summed E-state index contributed by atoms with van der Waals surface area (Å²) in [6.07, 6.45) is 0.419. The van der Waals surface area contributed by atoms with Gasteiger partial charge < -0.3 is 9.47 Å². The lowest BCUT2D eigenvalue weighted by atomic mass is 10.1. The summed E-state index contributed by atoms with van der Waals surface area (Å²) in [6, 6.07) is 12.5. The average Bonchev–Trinajstić information content (AvgIpc) is 3.23. The van der Waals surface area contributed by atoms with Crippen molar-refractivity contribution in [2.24, 2.45) is 0 Å². The maximum absolute atomic E-state index is 13.4. The van der Waals surface area contributed by atoms with Gasteiger partial charge in [-0.2, -0.15) is 0 Å². The number of nitrogens with zero attached hydrogens (tertiary/aromatic N) is 3. The molecule has 1 aliphatic heterocycles. The Kier molecular flexibility index (Phi) is 9.13. The van der Waals surface area contributed by atoms with Gasteiger partial charge in [0.1, 0.15) is 29.1 Å². The summed E-state index contributed by atoms with van der Waals surface area (Å²) in [5.74, 6) is -4.50. The summed E-state index contributed by atoms with van der Waals surface area (Å²) >= 11 is 0. The maximum Gasteiger partial charge on any atom is 0.338 e. The minimum absolute atomic E-state index is 0.127. The fourth-order valence-electron chi connectivity index (χ4n) is 4.35. The first kappa shape index (κ1) is 31.4. The van der Waals surface area contributed by atoms with E-state index in [9.17, 15) is 47.8 Å². The molecular weight excluding hydrogens is 602 g/mol. The zero-order valence-corrected chi connectivity index (χ0v) is 23.7. The van der Waals surface area contributed by atoms with Crippen LogP contribution in [0.15, 0.2) is 66.7 Å². The van der Waals surface area contributed by atoms with Crippen molar-refractivity contribution in [1.82, 2.24) is 4.90 Å². The van der Waals surface area contributed by atoms with Gasteiger partial charge in [0, 0.05) is 30.5 Å². The molecule has 44 heavy (non-hydrogen) atoms. The third kappa shape index (κ3) is 7.27. The summed E-state index contributed by atoms with van der Waals surface area (Å²) in [4.78, 5) is 73.8. The van der Waals surface area contributed by atoms with Gasteiger partial charge in [-0.1, -0.05) is 24.3 Å². The molecule has 1 aliphatic rings. The van der Waals surface area contributed by atoms with Crippen molar-refractivity contribution < 1.29 is 46.9 Å². The molecule has 1 heterocycles. The van der Waals surface area contributed by atoms with Crippen LogP contribution in [0, 0.1) is 20.2 Å². The molecule has 15 nitrogen and oxygen atoms in total. The molecule has 0 saturated carbocycles. The third-order valence-corrected chi connectivity index (χ3v) is 7.47. The Bertz CT molecular complexity index is 1800. The Morgan fingerprint density at radius 2 is 1.36 bits per heavy atom. The number of non-ortho nitro benzene ring substituents is 2. The van der Waals surface area contributed by atoms with Gasteiger partial charge in [-0.15, -0.1) is 0 Å². The van der Waals surface area contributed by atoms with Gasteiger partial charge in [-0.3, -0.25) is 34.7 Å². The van der Waals surface area contributed by atoms with Crippen LogP contribution in [-0.2, 0) is 37.3 Å². The van der Waals surface area contributed by atoms with Gasteiger partial charge in [0.2, 0.25) is 0 Å². The number of sulfone groups is 1. The number of carbonyl (C=O) groups is 4. The van der Waals surface area contributed by atoms with Crippen LogP contribution in [0.1, 0.15) is 48.6 Å². The first-order valence-corrected chi connectivity index (χ1v) is 14.8. The van der Waals surface area contributed by atoms with Gasteiger partial charge in [0.15, 0.2) is 0 Å². The maximum atomic E-state index is 13.4. The number of fused-ring (bicyclic) bond motifs is 1. The van der Waals surface area contributed by atoms with Gasteiger partial charge in [-0.25, -0.2) is 18.0 Å². The van der Waals surface area contributed by atoms with Gasteiger partial charge in [0.25, 0.3) is 23.2 Å². The molecule has 16 heteroatoms. The van der Waals surface area contributed by atoms with Crippen LogP contribution < -0.4 is 0 Å². The van der Waals surface area contributed by atoms with E-state index in [1.165, 1.54) is 60.7 Å². The van der Waals surface area contributed by atoms with Crippen molar-refractivity contribution in [1.29, 1.82) is 0 Å². The Morgan fingerprint density at radius 3 is 1.91 bits per heavy atom. The lowest BCUT2D eigenvalue weighted by Crippen LogP contribution is -2.46. The van der Waals surface area contributed by atoms with Crippen LogP contribution in [0.2, 0.25) is 0 Å². The van der Waals surface area contributed by atoms with E-state index in [4.69, 9.17) is 9.47 Å². The lowest BCUT2D eigenvalue weighted by molar-refractivity contribution is -0.385. The SMILES string of the molecule is CS(=O)(=O)CC[C@@H](C(=O)OCc1cccc([N+](=O)[O-])c1)N1C(=O)c2ccc(C(=O)OCc3cccc([N+](=O)[O-])c3)cc2C1=O. The number of amides is 2. The first-order chi connectivity index (χ1) is 20.7. The van der Waals surface area contributed by atoms with Crippen molar-refractivity contribution in [3.8, 4) is 0 Å². The number of rotatable bonds is 12. The largest absolute Gasteiger partial charge is 0.459 e. The molecule has 0 fully saturated rings. The molecule has 0 bridgehead atoms. The topological polar surface area (TPSA) is 210 Å². The minimum Gasteiger partial charge on any atom is -0.459 e. The van der Waals surface area contributed by atoms with Crippen molar-refractivity contribution in [2.75, 3.05) is 12.0 Å². The second-order valence-corrected chi connectivity index (χ2v) is 12.0. The van der Waals surface area contributed by atoms with E-state index in [0.29, 0.717) is 10.5 Å². The van der Waals surface area contributed by atoms with E-state index in [-0.39, 0.29) is 40.2 Å². The molecular formula is C28H23N3O12S. The highest BCUT2D eigenvalue weighted by Crippen LogP contribution is 2.28. The fourth-order valence-corrected chi connectivity index (χ4v) is 5.00. The monoisotopic (exact) mass is 625 g/mol.